The normalized spacial score (nSPS) is 14.6. The molecule has 0 aliphatic carbocycles. The molecule has 0 atom stereocenters. The summed E-state index contributed by atoms with van der Waals surface area (Å²) in [4.78, 5) is 32.0. The Hall–Kier alpha value is -4.07. The van der Waals surface area contributed by atoms with Crippen LogP contribution in [0.15, 0.2) is 68.9 Å². The molecule has 186 valence electrons. The van der Waals surface area contributed by atoms with Crippen LogP contribution in [0.5, 0.6) is 0 Å². The average molecular weight is 511 g/mol. The van der Waals surface area contributed by atoms with Crippen LogP contribution < -0.4 is 10.9 Å². The number of sulfonamides is 1. The average Bonchev–Trinajstić information content (AvgIpc) is 3.54. The predicted molar refractivity (Wildman–Crippen MR) is 128 cm³/mol. The van der Waals surface area contributed by atoms with E-state index in [-0.39, 0.29) is 40.9 Å². The molecule has 0 saturated carbocycles. The zero-order chi connectivity index (χ0) is 25.3. The number of ether oxygens (including phenoxy) is 1. The summed E-state index contributed by atoms with van der Waals surface area (Å²) in [6.07, 6.45) is 1.49. The molecule has 1 aliphatic heterocycles. The van der Waals surface area contributed by atoms with Crippen LogP contribution in [-0.4, -0.2) is 64.7 Å². The van der Waals surface area contributed by atoms with Crippen molar-refractivity contribution in [3.05, 3.63) is 76.4 Å². The Morgan fingerprint density at radius 2 is 1.86 bits per heavy atom. The van der Waals surface area contributed by atoms with Gasteiger partial charge in [-0.25, -0.2) is 13.4 Å². The van der Waals surface area contributed by atoms with Crippen LogP contribution in [0, 0.1) is 6.92 Å². The summed E-state index contributed by atoms with van der Waals surface area (Å²) in [5, 5.41) is 7.18. The van der Waals surface area contributed by atoms with Crippen LogP contribution in [0.3, 0.4) is 0 Å². The van der Waals surface area contributed by atoms with Gasteiger partial charge in [0.05, 0.1) is 24.4 Å². The molecule has 3 aromatic heterocycles. The molecule has 1 amide bonds. The first-order valence-electron chi connectivity index (χ1n) is 11.0. The second kappa shape index (κ2) is 9.53. The summed E-state index contributed by atoms with van der Waals surface area (Å²) in [5.74, 6) is 0.287. The van der Waals surface area contributed by atoms with Crippen molar-refractivity contribution < 1.29 is 22.4 Å². The Morgan fingerprint density at radius 3 is 2.53 bits per heavy atom. The van der Waals surface area contributed by atoms with Crippen LogP contribution in [0.1, 0.15) is 16.1 Å². The van der Waals surface area contributed by atoms with Crippen molar-refractivity contribution >= 4 is 21.7 Å². The van der Waals surface area contributed by atoms with Crippen molar-refractivity contribution in [1.82, 2.24) is 24.1 Å². The van der Waals surface area contributed by atoms with Crippen LogP contribution in [-0.2, 0) is 14.8 Å². The molecular formula is C23H22N6O6S. The molecule has 0 unspecified atom stereocenters. The molecule has 1 aromatic carbocycles. The van der Waals surface area contributed by atoms with Crippen LogP contribution in [0.25, 0.3) is 17.4 Å². The molecular weight excluding hydrogens is 488 g/mol. The monoisotopic (exact) mass is 510 g/mol. The van der Waals surface area contributed by atoms with E-state index in [1.54, 1.807) is 25.1 Å². The maximum absolute atomic E-state index is 13.0. The van der Waals surface area contributed by atoms with E-state index in [1.807, 2.05) is 0 Å². The van der Waals surface area contributed by atoms with Gasteiger partial charge >= 0.3 is 0 Å². The molecule has 4 aromatic rings. The lowest BCUT2D eigenvalue weighted by Crippen LogP contribution is -2.40. The van der Waals surface area contributed by atoms with E-state index in [9.17, 15) is 18.0 Å². The van der Waals surface area contributed by atoms with Crippen molar-refractivity contribution in [2.24, 2.45) is 0 Å². The minimum absolute atomic E-state index is 0.0904. The highest BCUT2D eigenvalue weighted by molar-refractivity contribution is 7.89. The number of aryl methyl sites for hydroxylation is 1. The largest absolute Gasteiger partial charge is 0.463 e. The maximum Gasteiger partial charge on any atom is 0.256 e. The van der Waals surface area contributed by atoms with E-state index in [1.165, 1.54) is 45.6 Å². The lowest BCUT2D eigenvalue weighted by Gasteiger charge is -2.26. The highest BCUT2D eigenvalue weighted by atomic mass is 32.2. The van der Waals surface area contributed by atoms with Crippen molar-refractivity contribution in [2.45, 2.75) is 11.8 Å². The van der Waals surface area contributed by atoms with Crippen molar-refractivity contribution in [2.75, 3.05) is 31.6 Å². The quantitative estimate of drug-likeness (QED) is 0.398. The van der Waals surface area contributed by atoms with E-state index in [0.29, 0.717) is 30.4 Å². The number of nitrogens with one attached hydrogen (secondary N) is 2. The van der Waals surface area contributed by atoms with Gasteiger partial charge in [-0.05, 0) is 43.3 Å². The first-order chi connectivity index (χ1) is 17.3. The standard InChI is InChI=1S/C23H22N6O6S/c1-15-13-21(30)26-23(24-15)29-20(14-18(27-29)19-3-2-10-35-19)25-22(31)16-4-6-17(7-5-16)36(32,33)28-8-11-34-12-9-28/h2-7,10,13-14H,8-9,11-12H2,1H3,(H,25,31)(H,24,26,30). The number of carbonyl (C=O) groups is 1. The Bertz CT molecular complexity index is 1550. The number of aromatic nitrogens is 4. The molecule has 12 nitrogen and oxygen atoms in total. The molecule has 0 radical (unpaired) electrons. The van der Waals surface area contributed by atoms with E-state index < -0.39 is 15.9 Å². The Balaban J connectivity index is 1.43. The number of rotatable bonds is 6. The summed E-state index contributed by atoms with van der Waals surface area (Å²) in [6, 6.07) is 12.0. The molecule has 2 N–H and O–H groups in total. The molecule has 0 bridgehead atoms. The lowest BCUT2D eigenvalue weighted by molar-refractivity contribution is 0.0730. The van der Waals surface area contributed by atoms with Crippen molar-refractivity contribution in [3.8, 4) is 17.4 Å². The Kier molecular flexibility index (Phi) is 6.26. The van der Waals surface area contributed by atoms with Gasteiger partial charge in [-0.3, -0.25) is 14.6 Å². The highest BCUT2D eigenvalue weighted by Crippen LogP contribution is 2.25. The molecule has 13 heteroatoms. The first kappa shape index (κ1) is 23.7. The molecule has 36 heavy (non-hydrogen) atoms. The lowest BCUT2D eigenvalue weighted by atomic mass is 10.2. The van der Waals surface area contributed by atoms with E-state index in [2.05, 4.69) is 20.4 Å². The van der Waals surface area contributed by atoms with Crippen LogP contribution in [0.2, 0.25) is 0 Å². The Labute approximate surface area is 205 Å². The van der Waals surface area contributed by atoms with Gasteiger partial charge < -0.3 is 14.5 Å². The second-order valence-corrected chi connectivity index (χ2v) is 9.95. The SMILES string of the molecule is Cc1cc(=O)[nH]c(-n2nc(-c3ccco3)cc2NC(=O)c2ccc(S(=O)(=O)N3CCOCC3)cc2)n1. The number of hydrogen-bond donors (Lipinski definition) is 2. The third-order valence-corrected chi connectivity index (χ3v) is 7.42. The minimum atomic E-state index is -3.68. The summed E-state index contributed by atoms with van der Waals surface area (Å²) in [6.45, 7) is 2.91. The number of aromatic amines is 1. The topological polar surface area (TPSA) is 152 Å². The van der Waals surface area contributed by atoms with E-state index in [0.717, 1.165) is 0 Å². The fraction of sp³-hybridized carbons (Fsp3) is 0.217. The number of H-pyrrole nitrogens is 1. The number of morpholine rings is 1. The minimum Gasteiger partial charge on any atom is -0.463 e. The predicted octanol–water partition coefficient (Wildman–Crippen LogP) is 1.80. The summed E-state index contributed by atoms with van der Waals surface area (Å²) in [5.41, 5.74) is 0.736. The molecule has 0 spiro atoms. The molecule has 5 rings (SSSR count). The van der Waals surface area contributed by atoms with Crippen molar-refractivity contribution in [3.63, 3.8) is 0 Å². The fourth-order valence-corrected chi connectivity index (χ4v) is 5.15. The summed E-state index contributed by atoms with van der Waals surface area (Å²) >= 11 is 0. The van der Waals surface area contributed by atoms with Gasteiger partial charge in [-0.2, -0.15) is 14.1 Å². The zero-order valence-electron chi connectivity index (χ0n) is 19.2. The van der Waals surface area contributed by atoms with Gasteiger partial charge in [0, 0.05) is 36.5 Å². The van der Waals surface area contributed by atoms with Gasteiger partial charge in [-0.1, -0.05) is 0 Å². The second-order valence-electron chi connectivity index (χ2n) is 8.01. The molecule has 1 fully saturated rings. The van der Waals surface area contributed by atoms with Gasteiger partial charge in [0.15, 0.2) is 5.76 Å². The fourth-order valence-electron chi connectivity index (χ4n) is 3.74. The number of nitrogens with zero attached hydrogens (tertiary/aromatic N) is 4. The summed E-state index contributed by atoms with van der Waals surface area (Å²) < 4.78 is 39.0. The van der Waals surface area contributed by atoms with Gasteiger partial charge in [-0.15, -0.1) is 0 Å². The Morgan fingerprint density at radius 1 is 1.11 bits per heavy atom. The number of furan rings is 1. The van der Waals surface area contributed by atoms with Gasteiger partial charge in [0.25, 0.3) is 11.5 Å². The van der Waals surface area contributed by atoms with E-state index in [4.69, 9.17) is 9.15 Å². The third-order valence-electron chi connectivity index (χ3n) is 5.51. The molecule has 1 aliphatic rings. The highest BCUT2D eigenvalue weighted by Gasteiger charge is 2.26. The van der Waals surface area contributed by atoms with Gasteiger partial charge in [0.2, 0.25) is 16.0 Å². The number of amides is 1. The van der Waals surface area contributed by atoms with Crippen LogP contribution >= 0.6 is 0 Å². The van der Waals surface area contributed by atoms with Gasteiger partial charge in [0.1, 0.15) is 11.5 Å². The molecule has 4 heterocycles. The number of benzene rings is 1. The molecule has 1 saturated heterocycles. The third kappa shape index (κ3) is 4.71. The first-order valence-corrected chi connectivity index (χ1v) is 12.5. The summed E-state index contributed by atoms with van der Waals surface area (Å²) in [7, 11) is -3.68. The smallest absolute Gasteiger partial charge is 0.256 e. The zero-order valence-corrected chi connectivity index (χ0v) is 20.0. The number of hydrogen-bond acceptors (Lipinski definition) is 8. The number of carbonyl (C=O) groups excluding carboxylic acids is 1. The maximum atomic E-state index is 13.0. The van der Waals surface area contributed by atoms with E-state index >= 15 is 0 Å². The van der Waals surface area contributed by atoms with Crippen molar-refractivity contribution in [1.29, 1.82) is 0 Å². The number of anilines is 1. The van der Waals surface area contributed by atoms with Crippen LogP contribution in [0.4, 0.5) is 5.82 Å².